The van der Waals surface area contributed by atoms with Crippen LogP contribution in [-0.4, -0.2) is 34.9 Å². The van der Waals surface area contributed by atoms with Gasteiger partial charge in [0.2, 0.25) is 0 Å². The standard InChI is InChI=1S/C17H21F3N4O4/c1-3-15-14(9-23(11(2)27-15)10-16(21)24(25)26)22-8-12-4-6-13(7-5-12)28-17(18,19)20/h4-7,10,14-15,22H,2-3,8-9,21H2,1H3/b16-10+/t14?,15-/m0/s1. The second-order valence-corrected chi connectivity index (χ2v) is 6.10. The summed E-state index contributed by atoms with van der Waals surface area (Å²) < 4.78 is 46.2. The van der Waals surface area contributed by atoms with E-state index < -0.39 is 17.1 Å². The predicted octanol–water partition coefficient (Wildman–Crippen LogP) is 2.66. The van der Waals surface area contributed by atoms with E-state index in [1.54, 1.807) is 0 Å². The summed E-state index contributed by atoms with van der Waals surface area (Å²) in [6.07, 6.45) is -3.15. The van der Waals surface area contributed by atoms with Crippen molar-refractivity contribution in [3.05, 3.63) is 64.4 Å². The summed E-state index contributed by atoms with van der Waals surface area (Å²) in [7, 11) is 0. The molecule has 0 aromatic heterocycles. The fraction of sp³-hybridized carbons (Fsp3) is 0.412. The number of nitrogens with one attached hydrogen (secondary N) is 1. The van der Waals surface area contributed by atoms with Gasteiger partial charge in [0.15, 0.2) is 5.88 Å². The highest BCUT2D eigenvalue weighted by Crippen LogP contribution is 2.24. The van der Waals surface area contributed by atoms with Gasteiger partial charge in [-0.2, -0.15) is 0 Å². The van der Waals surface area contributed by atoms with Crippen molar-refractivity contribution in [1.82, 2.24) is 10.2 Å². The van der Waals surface area contributed by atoms with Gasteiger partial charge < -0.3 is 29.8 Å². The monoisotopic (exact) mass is 402 g/mol. The third-order valence-electron chi connectivity index (χ3n) is 4.08. The third kappa shape index (κ3) is 6.05. The molecule has 28 heavy (non-hydrogen) atoms. The van der Waals surface area contributed by atoms with Crippen LogP contribution in [0.25, 0.3) is 0 Å². The molecule has 1 aliphatic heterocycles. The number of benzene rings is 1. The molecule has 0 saturated carbocycles. The van der Waals surface area contributed by atoms with Gasteiger partial charge in [-0.15, -0.1) is 13.2 Å². The second kappa shape index (κ2) is 8.83. The summed E-state index contributed by atoms with van der Waals surface area (Å²) in [5.41, 5.74) is 6.09. The van der Waals surface area contributed by atoms with Crippen LogP contribution in [-0.2, 0) is 11.3 Å². The molecule has 2 rings (SSSR count). The molecule has 1 saturated heterocycles. The highest BCUT2D eigenvalue weighted by atomic mass is 19.4. The maximum absolute atomic E-state index is 12.2. The van der Waals surface area contributed by atoms with Crippen molar-refractivity contribution < 1.29 is 27.6 Å². The summed E-state index contributed by atoms with van der Waals surface area (Å²) in [4.78, 5) is 11.5. The summed E-state index contributed by atoms with van der Waals surface area (Å²) in [5, 5.41) is 14.0. The van der Waals surface area contributed by atoms with E-state index in [-0.39, 0.29) is 23.8 Å². The summed E-state index contributed by atoms with van der Waals surface area (Å²) >= 11 is 0. The first-order valence-corrected chi connectivity index (χ1v) is 8.41. The number of halogens is 3. The molecule has 1 aromatic carbocycles. The highest BCUT2D eigenvalue weighted by molar-refractivity contribution is 5.27. The number of hydrogen-bond donors (Lipinski definition) is 2. The maximum atomic E-state index is 12.2. The van der Waals surface area contributed by atoms with Crippen molar-refractivity contribution in [2.45, 2.75) is 38.4 Å². The fourth-order valence-electron chi connectivity index (χ4n) is 2.71. The van der Waals surface area contributed by atoms with Crippen molar-refractivity contribution in [3.8, 4) is 5.75 Å². The lowest BCUT2D eigenvalue weighted by Gasteiger charge is -2.39. The lowest BCUT2D eigenvalue weighted by Crippen LogP contribution is -2.52. The SMILES string of the molecule is C=C1O[C@@H](CC)C(NCc2ccc(OC(F)(F)F)cc2)CN1/C=C(\N)[N+](=O)[O-]. The van der Waals surface area contributed by atoms with E-state index in [0.29, 0.717) is 19.5 Å². The van der Waals surface area contributed by atoms with Gasteiger partial charge in [0, 0.05) is 13.1 Å². The van der Waals surface area contributed by atoms with Crippen LogP contribution in [0.15, 0.2) is 48.7 Å². The first-order chi connectivity index (χ1) is 13.1. The summed E-state index contributed by atoms with van der Waals surface area (Å²) in [5.74, 6) is -0.589. The molecule has 11 heteroatoms. The van der Waals surface area contributed by atoms with Crippen molar-refractivity contribution >= 4 is 0 Å². The van der Waals surface area contributed by atoms with Gasteiger partial charge in [-0.3, -0.25) is 5.73 Å². The van der Waals surface area contributed by atoms with Gasteiger partial charge in [-0.05, 0) is 35.6 Å². The van der Waals surface area contributed by atoms with Crippen molar-refractivity contribution in [2.75, 3.05) is 6.54 Å². The average molecular weight is 402 g/mol. The van der Waals surface area contributed by atoms with E-state index >= 15 is 0 Å². The molecule has 0 amide bonds. The number of nitro groups is 1. The third-order valence-corrected chi connectivity index (χ3v) is 4.08. The number of nitrogens with zero attached hydrogens (tertiary/aromatic N) is 2. The lowest BCUT2D eigenvalue weighted by atomic mass is 10.1. The molecule has 1 heterocycles. The normalized spacial score (nSPS) is 20.6. The van der Waals surface area contributed by atoms with Crippen LogP contribution >= 0.6 is 0 Å². The molecule has 3 N–H and O–H groups in total. The Hall–Kier alpha value is -2.95. The molecule has 1 fully saturated rings. The predicted molar refractivity (Wildman–Crippen MR) is 94.0 cm³/mol. The largest absolute Gasteiger partial charge is 0.573 e. The Labute approximate surface area is 159 Å². The number of rotatable bonds is 7. The van der Waals surface area contributed by atoms with Crippen LogP contribution in [0.3, 0.4) is 0 Å². The number of nitrogens with two attached hydrogens (primary N) is 1. The minimum Gasteiger partial charge on any atom is -0.474 e. The molecule has 154 valence electrons. The van der Waals surface area contributed by atoms with Crippen LogP contribution < -0.4 is 15.8 Å². The van der Waals surface area contributed by atoms with E-state index in [9.17, 15) is 23.3 Å². The van der Waals surface area contributed by atoms with E-state index in [1.165, 1.54) is 29.2 Å². The van der Waals surface area contributed by atoms with Crippen LogP contribution in [0.1, 0.15) is 18.9 Å². The molecule has 0 spiro atoms. The van der Waals surface area contributed by atoms with Gasteiger partial charge in [-0.25, -0.2) is 0 Å². The molecule has 0 radical (unpaired) electrons. The van der Waals surface area contributed by atoms with Crippen molar-refractivity contribution in [3.63, 3.8) is 0 Å². The Morgan fingerprint density at radius 3 is 2.68 bits per heavy atom. The van der Waals surface area contributed by atoms with E-state index in [1.807, 2.05) is 6.92 Å². The maximum Gasteiger partial charge on any atom is 0.573 e. The fourth-order valence-corrected chi connectivity index (χ4v) is 2.71. The Morgan fingerprint density at radius 1 is 1.50 bits per heavy atom. The van der Waals surface area contributed by atoms with Gasteiger partial charge in [-0.1, -0.05) is 19.1 Å². The number of hydrogen-bond acceptors (Lipinski definition) is 7. The Balaban J connectivity index is 2.01. The second-order valence-electron chi connectivity index (χ2n) is 6.10. The summed E-state index contributed by atoms with van der Waals surface area (Å²) in [6.45, 7) is 6.36. The first kappa shape index (κ1) is 21.4. The van der Waals surface area contributed by atoms with E-state index in [2.05, 4.69) is 16.6 Å². The van der Waals surface area contributed by atoms with E-state index in [0.717, 1.165) is 11.8 Å². The molecular formula is C17H21F3N4O4. The molecule has 8 nitrogen and oxygen atoms in total. The zero-order valence-electron chi connectivity index (χ0n) is 15.1. The molecule has 1 unspecified atom stereocenters. The molecular weight excluding hydrogens is 381 g/mol. The Kier molecular flexibility index (Phi) is 6.73. The lowest BCUT2D eigenvalue weighted by molar-refractivity contribution is -0.427. The van der Waals surface area contributed by atoms with Gasteiger partial charge in [0.25, 0.3) is 0 Å². The Bertz CT molecular complexity index is 737. The molecule has 0 bridgehead atoms. The topological polar surface area (TPSA) is 103 Å². The van der Waals surface area contributed by atoms with E-state index in [4.69, 9.17) is 10.5 Å². The molecule has 0 aliphatic carbocycles. The van der Waals surface area contributed by atoms with Crippen LogP contribution in [0.2, 0.25) is 0 Å². The Morgan fingerprint density at radius 2 is 2.14 bits per heavy atom. The smallest absolute Gasteiger partial charge is 0.474 e. The first-order valence-electron chi connectivity index (χ1n) is 8.41. The van der Waals surface area contributed by atoms with Crippen LogP contribution in [0.4, 0.5) is 13.2 Å². The minimum absolute atomic E-state index is 0.211. The number of ether oxygens (including phenoxy) is 2. The highest BCUT2D eigenvalue weighted by Gasteiger charge is 2.32. The quantitative estimate of drug-likeness (QED) is 0.534. The van der Waals surface area contributed by atoms with Gasteiger partial charge >= 0.3 is 12.2 Å². The minimum atomic E-state index is -4.74. The average Bonchev–Trinajstić information content (AvgIpc) is 2.61. The van der Waals surface area contributed by atoms with Gasteiger partial charge in [0.1, 0.15) is 18.1 Å². The van der Waals surface area contributed by atoms with Gasteiger partial charge in [0.05, 0.1) is 6.04 Å². The molecule has 1 aliphatic rings. The van der Waals surface area contributed by atoms with Crippen LogP contribution in [0, 0.1) is 10.1 Å². The molecule has 2 atom stereocenters. The summed E-state index contributed by atoms with van der Waals surface area (Å²) in [6, 6.07) is 5.28. The van der Waals surface area contributed by atoms with Crippen molar-refractivity contribution in [1.29, 1.82) is 0 Å². The zero-order valence-corrected chi connectivity index (χ0v) is 15.1. The van der Waals surface area contributed by atoms with Crippen molar-refractivity contribution in [2.24, 2.45) is 5.73 Å². The van der Waals surface area contributed by atoms with Crippen LogP contribution in [0.5, 0.6) is 5.75 Å². The number of alkyl halides is 3. The zero-order chi connectivity index (χ0) is 20.9. The molecule has 1 aromatic rings.